The Morgan fingerprint density at radius 3 is 2.59 bits per heavy atom. The van der Waals surface area contributed by atoms with E-state index in [4.69, 9.17) is 4.74 Å². The zero-order valence-electron chi connectivity index (χ0n) is 9.78. The van der Waals surface area contributed by atoms with Crippen LogP contribution >= 0.6 is 0 Å². The molecule has 0 saturated heterocycles. The summed E-state index contributed by atoms with van der Waals surface area (Å²) >= 11 is 0. The standard InChI is InChI=1S/C14H15FO2/c1-3-13(15)12(14(16)17-4-2)10-11-8-6-5-7-9-11/h3,5-9H,1,4,10H2,2H3/b13-12+. The molecule has 0 aliphatic heterocycles. The molecule has 0 atom stereocenters. The Morgan fingerprint density at radius 1 is 1.41 bits per heavy atom. The summed E-state index contributed by atoms with van der Waals surface area (Å²) in [5.74, 6) is -1.26. The molecule has 17 heavy (non-hydrogen) atoms. The first-order chi connectivity index (χ1) is 8.19. The van der Waals surface area contributed by atoms with E-state index in [9.17, 15) is 9.18 Å². The largest absolute Gasteiger partial charge is 0.463 e. The number of esters is 1. The van der Waals surface area contributed by atoms with Crippen molar-refractivity contribution >= 4 is 5.97 Å². The fourth-order valence-electron chi connectivity index (χ4n) is 1.40. The number of hydrogen-bond donors (Lipinski definition) is 0. The molecule has 1 aromatic carbocycles. The predicted octanol–water partition coefficient (Wildman–Crippen LogP) is 3.20. The third-order valence-corrected chi connectivity index (χ3v) is 2.21. The lowest BCUT2D eigenvalue weighted by molar-refractivity contribution is -0.138. The highest BCUT2D eigenvalue weighted by Gasteiger charge is 2.15. The molecule has 0 unspecified atom stereocenters. The summed E-state index contributed by atoms with van der Waals surface area (Å²) in [6.07, 6.45) is 1.23. The van der Waals surface area contributed by atoms with Gasteiger partial charge in [0.05, 0.1) is 12.2 Å². The Kier molecular flexibility index (Phi) is 5.14. The van der Waals surface area contributed by atoms with Crippen LogP contribution in [0.25, 0.3) is 0 Å². The second-order valence-corrected chi connectivity index (χ2v) is 3.41. The van der Waals surface area contributed by atoms with E-state index in [0.717, 1.165) is 11.6 Å². The van der Waals surface area contributed by atoms with E-state index in [-0.39, 0.29) is 18.6 Å². The fourth-order valence-corrected chi connectivity index (χ4v) is 1.40. The molecule has 0 bridgehead atoms. The van der Waals surface area contributed by atoms with Gasteiger partial charge >= 0.3 is 5.97 Å². The number of carbonyl (C=O) groups excluding carboxylic acids is 1. The summed E-state index contributed by atoms with van der Waals surface area (Å²) in [5.41, 5.74) is 0.862. The lowest BCUT2D eigenvalue weighted by atomic mass is 10.0. The molecule has 0 N–H and O–H groups in total. The minimum Gasteiger partial charge on any atom is -0.463 e. The molecule has 0 aliphatic rings. The highest BCUT2D eigenvalue weighted by molar-refractivity contribution is 5.90. The van der Waals surface area contributed by atoms with Crippen molar-refractivity contribution in [1.29, 1.82) is 0 Å². The average molecular weight is 234 g/mol. The molecule has 0 spiro atoms. The molecule has 0 amide bonds. The van der Waals surface area contributed by atoms with Gasteiger partial charge in [0, 0.05) is 6.42 Å². The van der Waals surface area contributed by atoms with E-state index in [0.29, 0.717) is 0 Å². The monoisotopic (exact) mass is 234 g/mol. The average Bonchev–Trinajstić information content (AvgIpc) is 2.36. The molecule has 1 rings (SSSR count). The number of hydrogen-bond acceptors (Lipinski definition) is 2. The first-order valence-electron chi connectivity index (χ1n) is 5.41. The summed E-state index contributed by atoms with van der Waals surface area (Å²) < 4.78 is 18.3. The number of benzene rings is 1. The smallest absolute Gasteiger partial charge is 0.337 e. The Bertz CT molecular complexity index is 421. The van der Waals surface area contributed by atoms with Gasteiger partial charge in [-0.15, -0.1) is 0 Å². The Labute approximate surface area is 100 Å². The normalized spacial score (nSPS) is 11.6. The molecule has 3 heteroatoms. The summed E-state index contributed by atoms with van der Waals surface area (Å²) in [4.78, 5) is 11.6. The number of allylic oxidation sites excluding steroid dienone is 2. The molecule has 0 saturated carbocycles. The zero-order chi connectivity index (χ0) is 12.7. The van der Waals surface area contributed by atoms with E-state index < -0.39 is 11.8 Å². The first-order valence-corrected chi connectivity index (χ1v) is 5.41. The highest BCUT2D eigenvalue weighted by atomic mass is 19.1. The second kappa shape index (κ2) is 6.63. The molecule has 0 fully saturated rings. The third kappa shape index (κ3) is 3.87. The molecule has 1 aromatic rings. The van der Waals surface area contributed by atoms with Gasteiger partial charge in [-0.2, -0.15) is 0 Å². The van der Waals surface area contributed by atoms with Crippen molar-refractivity contribution in [3.05, 3.63) is 60.0 Å². The van der Waals surface area contributed by atoms with Gasteiger partial charge < -0.3 is 4.74 Å². The molecule has 2 nitrogen and oxygen atoms in total. The Balaban J connectivity index is 2.94. The fraction of sp³-hybridized carbons (Fsp3) is 0.214. The van der Waals surface area contributed by atoms with Gasteiger partial charge in [0.15, 0.2) is 0 Å². The lowest BCUT2D eigenvalue weighted by Gasteiger charge is -2.07. The number of ether oxygens (including phenoxy) is 1. The summed E-state index contributed by atoms with van der Waals surface area (Å²) in [7, 11) is 0. The molecule has 0 radical (unpaired) electrons. The quantitative estimate of drug-likeness (QED) is 0.444. The summed E-state index contributed by atoms with van der Waals surface area (Å²) in [5, 5.41) is 0. The van der Waals surface area contributed by atoms with Crippen molar-refractivity contribution in [3.8, 4) is 0 Å². The molecule has 90 valence electrons. The number of rotatable bonds is 5. The van der Waals surface area contributed by atoms with E-state index >= 15 is 0 Å². The van der Waals surface area contributed by atoms with Gasteiger partial charge in [-0.25, -0.2) is 9.18 Å². The molecular formula is C14H15FO2. The summed E-state index contributed by atoms with van der Waals surface area (Å²) in [6, 6.07) is 9.19. The molecule has 0 aromatic heterocycles. The molecule has 0 aliphatic carbocycles. The van der Waals surface area contributed by atoms with Crippen molar-refractivity contribution in [3.63, 3.8) is 0 Å². The van der Waals surface area contributed by atoms with Gasteiger partial charge in [-0.3, -0.25) is 0 Å². The minimum absolute atomic E-state index is 0.00745. The van der Waals surface area contributed by atoms with Crippen LogP contribution in [0.3, 0.4) is 0 Å². The van der Waals surface area contributed by atoms with Crippen molar-refractivity contribution in [2.45, 2.75) is 13.3 Å². The van der Waals surface area contributed by atoms with Gasteiger partial charge in [0.1, 0.15) is 5.83 Å². The molecule has 0 heterocycles. The molecular weight excluding hydrogens is 219 g/mol. The van der Waals surface area contributed by atoms with Crippen molar-refractivity contribution in [2.24, 2.45) is 0 Å². The van der Waals surface area contributed by atoms with Crippen molar-refractivity contribution < 1.29 is 13.9 Å². The third-order valence-electron chi connectivity index (χ3n) is 2.21. The number of halogens is 1. The van der Waals surface area contributed by atoms with Crippen LogP contribution in [0.4, 0.5) is 4.39 Å². The second-order valence-electron chi connectivity index (χ2n) is 3.41. The van der Waals surface area contributed by atoms with Crippen LogP contribution in [0.15, 0.2) is 54.4 Å². The lowest BCUT2D eigenvalue weighted by Crippen LogP contribution is -2.11. The topological polar surface area (TPSA) is 26.3 Å². The summed E-state index contributed by atoms with van der Waals surface area (Å²) in [6.45, 7) is 5.23. The van der Waals surface area contributed by atoms with Gasteiger partial charge in [-0.05, 0) is 18.6 Å². The van der Waals surface area contributed by atoms with E-state index in [1.165, 1.54) is 0 Å². The van der Waals surface area contributed by atoms with E-state index in [2.05, 4.69) is 6.58 Å². The Morgan fingerprint density at radius 2 is 2.06 bits per heavy atom. The van der Waals surface area contributed by atoms with Crippen LogP contribution in [-0.2, 0) is 16.0 Å². The van der Waals surface area contributed by atoms with Crippen LogP contribution < -0.4 is 0 Å². The van der Waals surface area contributed by atoms with Crippen LogP contribution in [0.5, 0.6) is 0 Å². The van der Waals surface area contributed by atoms with E-state index in [1.54, 1.807) is 6.92 Å². The van der Waals surface area contributed by atoms with Gasteiger partial charge in [0.25, 0.3) is 0 Å². The van der Waals surface area contributed by atoms with E-state index in [1.807, 2.05) is 30.3 Å². The van der Waals surface area contributed by atoms with Crippen LogP contribution in [0.2, 0.25) is 0 Å². The Hall–Kier alpha value is -1.90. The van der Waals surface area contributed by atoms with Gasteiger partial charge in [-0.1, -0.05) is 36.9 Å². The maximum atomic E-state index is 13.5. The SMILES string of the molecule is C=C/C(F)=C(/Cc1ccccc1)C(=O)OCC. The van der Waals surface area contributed by atoms with Gasteiger partial charge in [0.2, 0.25) is 0 Å². The number of carbonyl (C=O) groups is 1. The first kappa shape index (κ1) is 13.2. The zero-order valence-corrected chi connectivity index (χ0v) is 9.78. The van der Waals surface area contributed by atoms with Crippen LogP contribution in [0.1, 0.15) is 12.5 Å². The van der Waals surface area contributed by atoms with Crippen molar-refractivity contribution in [1.82, 2.24) is 0 Å². The maximum Gasteiger partial charge on any atom is 0.337 e. The van der Waals surface area contributed by atoms with Crippen LogP contribution in [-0.4, -0.2) is 12.6 Å². The predicted molar refractivity (Wildman–Crippen MR) is 65.1 cm³/mol. The maximum absolute atomic E-state index is 13.5. The van der Waals surface area contributed by atoms with Crippen molar-refractivity contribution in [2.75, 3.05) is 6.61 Å². The minimum atomic E-state index is -0.632. The highest BCUT2D eigenvalue weighted by Crippen LogP contribution is 2.16. The van der Waals surface area contributed by atoms with Crippen LogP contribution in [0, 0.1) is 0 Å².